The van der Waals surface area contributed by atoms with Gasteiger partial charge in [-0.2, -0.15) is 0 Å². The van der Waals surface area contributed by atoms with Crippen LogP contribution in [-0.2, 0) is 10.0 Å². The van der Waals surface area contributed by atoms with E-state index in [4.69, 9.17) is 11.6 Å². The summed E-state index contributed by atoms with van der Waals surface area (Å²) in [5.74, 6) is -1.40. The Hall–Kier alpha value is -2.90. The number of hydrogen-bond donors (Lipinski definition) is 2. The first kappa shape index (κ1) is 21.8. The number of carbonyl (C=O) groups excluding carboxylic acids is 1. The summed E-state index contributed by atoms with van der Waals surface area (Å²) in [4.78, 5) is 12.0. The molecule has 0 heterocycles. The summed E-state index contributed by atoms with van der Waals surface area (Å²) in [6, 6.07) is 13.1. The van der Waals surface area contributed by atoms with Gasteiger partial charge in [0, 0.05) is 10.6 Å². The van der Waals surface area contributed by atoms with Crippen molar-refractivity contribution in [3.8, 4) is 0 Å². The lowest BCUT2D eigenvalue weighted by atomic mass is 10.1. The standard InChI is InChI=1S/C22H20ClFN2O3S/c1-13-10-14(2)21(15(3)11-13)26-30(28,29)18-8-9-20(19(24)12-18)25-22(27)16-4-6-17(23)7-5-16/h4-12,26H,1-3H3,(H,25,27). The summed E-state index contributed by atoms with van der Waals surface area (Å²) in [6.45, 7) is 5.52. The van der Waals surface area contributed by atoms with Gasteiger partial charge in [-0.05, 0) is 74.4 Å². The molecule has 2 N–H and O–H groups in total. The first-order chi connectivity index (χ1) is 14.1. The molecule has 30 heavy (non-hydrogen) atoms. The Morgan fingerprint density at radius 3 is 2.10 bits per heavy atom. The highest BCUT2D eigenvalue weighted by molar-refractivity contribution is 7.92. The van der Waals surface area contributed by atoms with Crippen molar-refractivity contribution < 1.29 is 17.6 Å². The van der Waals surface area contributed by atoms with Crippen LogP contribution in [0.15, 0.2) is 59.5 Å². The van der Waals surface area contributed by atoms with Crippen molar-refractivity contribution in [1.82, 2.24) is 0 Å². The summed E-state index contributed by atoms with van der Waals surface area (Å²) in [5, 5.41) is 2.90. The lowest BCUT2D eigenvalue weighted by Gasteiger charge is -2.15. The van der Waals surface area contributed by atoms with Crippen molar-refractivity contribution in [2.45, 2.75) is 25.7 Å². The number of rotatable bonds is 5. The quantitative estimate of drug-likeness (QED) is 0.546. The lowest BCUT2D eigenvalue weighted by Crippen LogP contribution is -2.16. The molecule has 0 saturated heterocycles. The molecule has 1 amide bonds. The molecule has 0 radical (unpaired) electrons. The third kappa shape index (κ3) is 4.80. The van der Waals surface area contributed by atoms with Gasteiger partial charge >= 0.3 is 0 Å². The number of aryl methyl sites for hydroxylation is 3. The molecule has 0 aliphatic heterocycles. The van der Waals surface area contributed by atoms with Gasteiger partial charge in [0.15, 0.2) is 0 Å². The molecular formula is C22H20ClFN2O3S. The fourth-order valence-corrected chi connectivity index (χ4v) is 4.43. The van der Waals surface area contributed by atoms with E-state index in [1.54, 1.807) is 26.0 Å². The molecule has 0 aliphatic rings. The maximum atomic E-state index is 14.5. The smallest absolute Gasteiger partial charge is 0.262 e. The van der Waals surface area contributed by atoms with E-state index >= 15 is 0 Å². The number of benzene rings is 3. The topological polar surface area (TPSA) is 75.3 Å². The van der Waals surface area contributed by atoms with Gasteiger partial charge in [0.1, 0.15) is 5.82 Å². The second-order valence-corrected chi connectivity index (χ2v) is 9.10. The fourth-order valence-electron chi connectivity index (χ4n) is 3.09. The van der Waals surface area contributed by atoms with Crippen molar-refractivity contribution in [2.24, 2.45) is 0 Å². The molecule has 3 aromatic rings. The zero-order valence-electron chi connectivity index (χ0n) is 16.6. The Kier molecular flexibility index (Phi) is 6.14. The van der Waals surface area contributed by atoms with Crippen LogP contribution in [0.2, 0.25) is 5.02 Å². The zero-order chi connectivity index (χ0) is 22.1. The minimum Gasteiger partial charge on any atom is -0.319 e. The number of halogens is 2. The summed E-state index contributed by atoms with van der Waals surface area (Å²) < 4.78 is 42.6. The summed E-state index contributed by atoms with van der Waals surface area (Å²) in [6.07, 6.45) is 0. The Morgan fingerprint density at radius 2 is 1.53 bits per heavy atom. The monoisotopic (exact) mass is 446 g/mol. The van der Waals surface area contributed by atoms with Crippen LogP contribution < -0.4 is 10.0 Å². The predicted molar refractivity (Wildman–Crippen MR) is 117 cm³/mol. The molecule has 0 unspecified atom stereocenters. The average molecular weight is 447 g/mol. The molecule has 0 spiro atoms. The molecule has 8 heteroatoms. The van der Waals surface area contributed by atoms with Crippen LogP contribution >= 0.6 is 11.6 Å². The molecule has 0 bridgehead atoms. The minimum absolute atomic E-state index is 0.128. The van der Waals surface area contributed by atoms with Gasteiger partial charge in [-0.25, -0.2) is 12.8 Å². The number of hydrogen-bond acceptors (Lipinski definition) is 3. The number of carbonyl (C=O) groups is 1. The molecule has 0 atom stereocenters. The second kappa shape index (κ2) is 8.45. The number of sulfonamides is 1. The maximum Gasteiger partial charge on any atom is 0.262 e. The van der Waals surface area contributed by atoms with Crippen molar-refractivity contribution in [2.75, 3.05) is 10.0 Å². The molecule has 0 fully saturated rings. The Morgan fingerprint density at radius 1 is 0.933 bits per heavy atom. The largest absolute Gasteiger partial charge is 0.319 e. The molecule has 0 aromatic heterocycles. The molecule has 156 valence electrons. The van der Waals surface area contributed by atoms with Gasteiger partial charge in [-0.3, -0.25) is 9.52 Å². The molecule has 5 nitrogen and oxygen atoms in total. The van der Waals surface area contributed by atoms with E-state index in [0.29, 0.717) is 16.3 Å². The van der Waals surface area contributed by atoms with Crippen LogP contribution in [0.4, 0.5) is 15.8 Å². The minimum atomic E-state index is -4.01. The van der Waals surface area contributed by atoms with Crippen LogP contribution in [0.25, 0.3) is 0 Å². The highest BCUT2D eigenvalue weighted by Gasteiger charge is 2.19. The van der Waals surface area contributed by atoms with E-state index in [2.05, 4.69) is 10.0 Å². The van der Waals surface area contributed by atoms with Crippen LogP contribution in [0.1, 0.15) is 27.0 Å². The fraction of sp³-hybridized carbons (Fsp3) is 0.136. The van der Waals surface area contributed by atoms with E-state index in [1.807, 2.05) is 19.1 Å². The van der Waals surface area contributed by atoms with E-state index in [0.717, 1.165) is 22.8 Å². The Balaban J connectivity index is 1.83. The second-order valence-electron chi connectivity index (χ2n) is 6.98. The van der Waals surface area contributed by atoms with E-state index in [9.17, 15) is 17.6 Å². The van der Waals surface area contributed by atoms with Crippen molar-refractivity contribution in [1.29, 1.82) is 0 Å². The normalized spacial score (nSPS) is 11.2. The van der Waals surface area contributed by atoms with Crippen molar-refractivity contribution >= 4 is 38.9 Å². The Bertz CT molecular complexity index is 1200. The summed E-state index contributed by atoms with van der Waals surface area (Å²) in [5.41, 5.74) is 3.17. The number of anilines is 2. The van der Waals surface area contributed by atoms with Crippen molar-refractivity contribution in [3.05, 3.63) is 87.7 Å². The van der Waals surface area contributed by atoms with E-state index in [1.165, 1.54) is 24.3 Å². The van der Waals surface area contributed by atoms with E-state index < -0.39 is 21.7 Å². The third-order valence-electron chi connectivity index (χ3n) is 4.52. The van der Waals surface area contributed by atoms with Gasteiger partial charge in [-0.15, -0.1) is 0 Å². The van der Waals surface area contributed by atoms with Crippen LogP contribution in [-0.4, -0.2) is 14.3 Å². The van der Waals surface area contributed by atoms with E-state index in [-0.39, 0.29) is 10.6 Å². The zero-order valence-corrected chi connectivity index (χ0v) is 18.2. The molecule has 3 rings (SSSR count). The highest BCUT2D eigenvalue weighted by atomic mass is 35.5. The van der Waals surface area contributed by atoms with Gasteiger partial charge < -0.3 is 5.32 Å². The highest BCUT2D eigenvalue weighted by Crippen LogP contribution is 2.26. The molecular weight excluding hydrogens is 427 g/mol. The summed E-state index contributed by atoms with van der Waals surface area (Å²) in [7, 11) is -4.01. The van der Waals surface area contributed by atoms with Gasteiger partial charge in [0.05, 0.1) is 16.3 Å². The number of amides is 1. The molecule has 3 aromatic carbocycles. The average Bonchev–Trinajstić information content (AvgIpc) is 2.66. The van der Waals surface area contributed by atoms with Crippen LogP contribution in [0.3, 0.4) is 0 Å². The third-order valence-corrected chi connectivity index (χ3v) is 6.12. The molecule has 0 saturated carbocycles. The molecule has 0 aliphatic carbocycles. The first-order valence-corrected chi connectivity index (χ1v) is 10.9. The lowest BCUT2D eigenvalue weighted by molar-refractivity contribution is 0.102. The predicted octanol–water partition coefficient (Wildman–Crippen LogP) is 5.46. The SMILES string of the molecule is Cc1cc(C)c(NS(=O)(=O)c2ccc(NC(=O)c3ccc(Cl)cc3)c(F)c2)c(C)c1. The first-order valence-electron chi connectivity index (χ1n) is 9.04. The van der Waals surface area contributed by atoms with Crippen LogP contribution in [0.5, 0.6) is 0 Å². The van der Waals surface area contributed by atoms with Gasteiger partial charge in [-0.1, -0.05) is 29.3 Å². The Labute approximate surface area is 179 Å². The summed E-state index contributed by atoms with van der Waals surface area (Å²) >= 11 is 5.79. The number of nitrogens with one attached hydrogen (secondary N) is 2. The van der Waals surface area contributed by atoms with Gasteiger partial charge in [0.2, 0.25) is 0 Å². The van der Waals surface area contributed by atoms with Gasteiger partial charge in [0.25, 0.3) is 15.9 Å². The van der Waals surface area contributed by atoms with Crippen LogP contribution in [0, 0.1) is 26.6 Å². The van der Waals surface area contributed by atoms with Crippen molar-refractivity contribution in [3.63, 3.8) is 0 Å². The maximum absolute atomic E-state index is 14.5.